The maximum absolute atomic E-state index is 12.5. The Labute approximate surface area is 342 Å². The van der Waals surface area contributed by atoms with E-state index in [4.69, 9.17) is 42.6 Å². The van der Waals surface area contributed by atoms with E-state index in [1.807, 2.05) is 0 Å². The van der Waals surface area contributed by atoms with Crippen LogP contribution in [-0.2, 0) is 52.2 Å². The van der Waals surface area contributed by atoms with Crippen LogP contribution in [0.3, 0.4) is 0 Å². The van der Waals surface area contributed by atoms with Crippen molar-refractivity contribution in [3.05, 3.63) is 0 Å². The normalized spacial score (nSPS) is 48.9. The molecule has 2 amide bonds. The van der Waals surface area contributed by atoms with E-state index in [2.05, 4.69) is 10.6 Å². The molecular weight excluding hydrogens is 820 g/mol. The minimum Gasteiger partial charge on any atom is -0.394 e. The molecule has 5 fully saturated rings. The largest absolute Gasteiger partial charge is 0.394 e. The van der Waals surface area contributed by atoms with Crippen molar-refractivity contribution < 1.29 is 119 Å². The molecule has 0 spiro atoms. The number of hydrogen-bond donors (Lipinski definition) is 15. The molecule has 0 aliphatic carbocycles. The van der Waals surface area contributed by atoms with Crippen LogP contribution in [0.2, 0.25) is 0 Å². The van der Waals surface area contributed by atoms with Gasteiger partial charge in [0.2, 0.25) is 11.8 Å². The second-order valence-corrected chi connectivity index (χ2v) is 15.3. The maximum atomic E-state index is 12.5. The Balaban J connectivity index is 1.40. The summed E-state index contributed by atoms with van der Waals surface area (Å²) in [5, 5.41) is 142. The standard InChI is InChI=1S/C34H58N2O24/c1-9-18(43)22(47)24(49)32(53-9)57-27-12(35-10(2)41)8-52-15(6-39)29(27)59-31-17(36-11(3)42)21(46)28(16(7-40)56-31)58-34-26(51)30(20(45)14(5-38)55-34)60-33-25(50)23(48)19(44)13(4-37)54-33/h9,12-34,37-40,43-51H,4-8H2,1-3H3,(H,35,41)(H,36,42)/t9-,12-,13+,14+,15+,16+,17+,18+,19+,20+,21+,22+,23-,24-,25-,26-,27+,28+,29+,30-,31-,32-,33-,34-/m0/s1. The lowest BCUT2D eigenvalue weighted by molar-refractivity contribution is -0.380. The Morgan fingerprint density at radius 2 is 0.950 bits per heavy atom. The van der Waals surface area contributed by atoms with E-state index in [1.54, 1.807) is 0 Å². The zero-order chi connectivity index (χ0) is 44.3. The highest BCUT2D eigenvalue weighted by molar-refractivity contribution is 5.73. The molecule has 5 rings (SSSR count). The molecule has 15 N–H and O–H groups in total. The number of rotatable bonds is 14. The van der Waals surface area contributed by atoms with Crippen LogP contribution in [0.1, 0.15) is 20.8 Å². The monoisotopic (exact) mass is 878 g/mol. The Kier molecular flexibility index (Phi) is 17.3. The molecule has 0 aromatic rings. The van der Waals surface area contributed by atoms with Gasteiger partial charge in [-0.05, 0) is 6.92 Å². The molecular formula is C34H58N2O24. The van der Waals surface area contributed by atoms with E-state index in [9.17, 15) is 76.0 Å². The third kappa shape index (κ3) is 10.5. The van der Waals surface area contributed by atoms with E-state index in [0.29, 0.717) is 0 Å². The number of carbonyl (C=O) groups is 2. The molecule has 348 valence electrons. The van der Waals surface area contributed by atoms with Gasteiger partial charge in [-0.2, -0.15) is 0 Å². The van der Waals surface area contributed by atoms with Crippen LogP contribution >= 0.6 is 0 Å². The molecule has 5 aliphatic heterocycles. The van der Waals surface area contributed by atoms with Crippen LogP contribution in [0.15, 0.2) is 0 Å². The molecule has 60 heavy (non-hydrogen) atoms. The minimum atomic E-state index is -2.07. The summed E-state index contributed by atoms with van der Waals surface area (Å²) in [7, 11) is 0. The smallest absolute Gasteiger partial charge is 0.217 e. The second kappa shape index (κ2) is 21.2. The van der Waals surface area contributed by atoms with Crippen molar-refractivity contribution in [3.8, 4) is 0 Å². The van der Waals surface area contributed by atoms with E-state index >= 15 is 0 Å². The van der Waals surface area contributed by atoms with E-state index < -0.39 is 185 Å². The first-order valence-corrected chi connectivity index (χ1v) is 19.3. The van der Waals surface area contributed by atoms with Gasteiger partial charge in [0, 0.05) is 13.8 Å². The lowest BCUT2D eigenvalue weighted by Gasteiger charge is -2.50. The van der Waals surface area contributed by atoms with Crippen molar-refractivity contribution in [3.63, 3.8) is 0 Å². The van der Waals surface area contributed by atoms with Crippen molar-refractivity contribution in [2.24, 2.45) is 0 Å². The fourth-order valence-corrected chi connectivity index (χ4v) is 7.73. The van der Waals surface area contributed by atoms with Gasteiger partial charge in [-0.1, -0.05) is 0 Å². The Hall–Kier alpha value is -1.94. The van der Waals surface area contributed by atoms with Crippen molar-refractivity contribution in [1.82, 2.24) is 10.6 Å². The van der Waals surface area contributed by atoms with Crippen LogP contribution in [0, 0.1) is 0 Å². The summed E-state index contributed by atoms with van der Waals surface area (Å²) in [6, 6.07) is -2.73. The molecule has 26 nitrogen and oxygen atoms in total. The molecule has 24 atom stereocenters. The van der Waals surface area contributed by atoms with Crippen molar-refractivity contribution in [2.45, 2.75) is 168 Å². The number of aliphatic hydroxyl groups is 13. The summed E-state index contributed by atoms with van der Waals surface area (Å²) in [5.74, 6) is -1.33. The van der Waals surface area contributed by atoms with Crippen LogP contribution in [0.25, 0.3) is 0 Å². The second-order valence-electron chi connectivity index (χ2n) is 15.3. The van der Waals surface area contributed by atoms with Crippen LogP contribution in [0.4, 0.5) is 0 Å². The van der Waals surface area contributed by atoms with Crippen molar-refractivity contribution in [1.29, 1.82) is 0 Å². The van der Waals surface area contributed by atoms with E-state index in [-0.39, 0.29) is 6.61 Å². The van der Waals surface area contributed by atoms with Gasteiger partial charge in [-0.3, -0.25) is 9.59 Å². The molecule has 0 radical (unpaired) electrons. The van der Waals surface area contributed by atoms with Crippen LogP contribution in [-0.4, -0.2) is 258 Å². The number of hydrogen-bond acceptors (Lipinski definition) is 24. The molecule has 0 saturated carbocycles. The molecule has 5 aliphatic rings. The maximum Gasteiger partial charge on any atom is 0.217 e. The highest BCUT2D eigenvalue weighted by Crippen LogP contribution is 2.35. The zero-order valence-electron chi connectivity index (χ0n) is 32.7. The first-order valence-electron chi connectivity index (χ1n) is 19.3. The summed E-state index contributed by atoms with van der Waals surface area (Å²) < 4.78 is 52.1. The third-order valence-corrected chi connectivity index (χ3v) is 11.0. The third-order valence-electron chi connectivity index (χ3n) is 11.0. The Bertz CT molecular complexity index is 1390. The van der Waals surface area contributed by atoms with Crippen LogP contribution in [0.5, 0.6) is 0 Å². The van der Waals surface area contributed by atoms with Gasteiger partial charge in [0.25, 0.3) is 0 Å². The topological polar surface area (TPSA) is 404 Å². The quantitative estimate of drug-likeness (QED) is 0.0770. The van der Waals surface area contributed by atoms with Gasteiger partial charge < -0.3 is 120 Å². The summed E-state index contributed by atoms with van der Waals surface area (Å²) in [4.78, 5) is 24.8. The molecule has 0 bridgehead atoms. The summed E-state index contributed by atoms with van der Waals surface area (Å²) >= 11 is 0. The molecule has 0 aromatic carbocycles. The van der Waals surface area contributed by atoms with Gasteiger partial charge in [0.1, 0.15) is 110 Å². The Morgan fingerprint density at radius 1 is 0.483 bits per heavy atom. The van der Waals surface area contributed by atoms with E-state index in [0.717, 1.165) is 6.92 Å². The fraction of sp³-hybridized carbons (Fsp3) is 0.941. The zero-order valence-corrected chi connectivity index (χ0v) is 32.7. The van der Waals surface area contributed by atoms with Gasteiger partial charge in [-0.25, -0.2) is 0 Å². The molecule has 26 heteroatoms. The average Bonchev–Trinajstić information content (AvgIpc) is 3.21. The van der Waals surface area contributed by atoms with E-state index in [1.165, 1.54) is 13.8 Å². The highest BCUT2D eigenvalue weighted by Gasteiger charge is 2.56. The first kappa shape index (κ1) is 49.1. The predicted molar refractivity (Wildman–Crippen MR) is 187 cm³/mol. The number of amides is 2. The predicted octanol–water partition coefficient (Wildman–Crippen LogP) is -9.93. The number of ether oxygens (including phenoxy) is 9. The SMILES string of the molecule is CC(=O)N[C@H]1[C@H](O[C@H]2[C@H](O[C@@H]3O[C@@H](C)[C@@H](O)[C@@H](O)[C@@H]3O)[C@@H](NC(C)=O)CO[C@@H]2CO)O[C@H](CO)[C@@H](O[C@@H]2O[C@H](CO)[C@@H](O)[C@H](O[C@@H]3O[C@H](CO)[C@@H](O)[C@H](O)[C@@H]3O)[C@@H]2O)[C@@H]1O. The summed E-state index contributed by atoms with van der Waals surface area (Å²) in [5.41, 5.74) is 0. The first-order chi connectivity index (χ1) is 28.4. The average molecular weight is 879 g/mol. The van der Waals surface area contributed by atoms with Gasteiger partial charge >= 0.3 is 0 Å². The number of nitrogens with one attached hydrogen (secondary N) is 2. The fourth-order valence-electron chi connectivity index (χ4n) is 7.73. The molecule has 5 heterocycles. The van der Waals surface area contributed by atoms with Gasteiger partial charge in [-0.15, -0.1) is 0 Å². The van der Waals surface area contributed by atoms with Gasteiger partial charge in [0.15, 0.2) is 25.2 Å². The summed E-state index contributed by atoms with van der Waals surface area (Å²) in [6.07, 6.45) is -37.3. The summed E-state index contributed by atoms with van der Waals surface area (Å²) in [6.45, 7) is -0.0880. The molecule has 0 unspecified atom stereocenters. The van der Waals surface area contributed by atoms with Crippen molar-refractivity contribution >= 4 is 11.8 Å². The van der Waals surface area contributed by atoms with Crippen molar-refractivity contribution in [2.75, 3.05) is 33.0 Å². The lowest BCUT2D eigenvalue weighted by Crippen LogP contribution is -2.70. The number of carbonyl (C=O) groups excluding carboxylic acids is 2. The van der Waals surface area contributed by atoms with Crippen LogP contribution < -0.4 is 10.6 Å². The molecule has 5 saturated heterocycles. The minimum absolute atomic E-state index is 0.286. The Morgan fingerprint density at radius 3 is 1.52 bits per heavy atom. The number of aliphatic hydroxyl groups excluding tert-OH is 13. The highest BCUT2D eigenvalue weighted by atomic mass is 16.8. The van der Waals surface area contributed by atoms with Gasteiger partial charge in [0.05, 0.1) is 45.2 Å². The molecule has 0 aromatic heterocycles. The lowest BCUT2D eigenvalue weighted by atomic mass is 9.94.